The number of rotatable bonds is 6. The number of hydrogen-bond acceptors (Lipinski definition) is 2. The number of carboxylic acid groups (broad SMARTS) is 1. The molecule has 5 heteroatoms. The minimum absolute atomic E-state index is 0.0955. The van der Waals surface area contributed by atoms with Crippen LogP contribution in [0.25, 0.3) is 0 Å². The number of halogens is 1. The monoisotopic (exact) mass is 255 g/mol. The molecule has 0 saturated carbocycles. The van der Waals surface area contributed by atoms with Gasteiger partial charge in [0.1, 0.15) is 0 Å². The van der Waals surface area contributed by atoms with Gasteiger partial charge in [0.2, 0.25) is 5.91 Å². The molecule has 0 aliphatic carbocycles. The first kappa shape index (κ1) is 13.5. The lowest BCUT2D eigenvalue weighted by Crippen LogP contribution is -2.14. The molecule has 0 saturated heterocycles. The molecule has 2 N–H and O–H groups in total. The Labute approximate surface area is 105 Å². The van der Waals surface area contributed by atoms with Crippen LogP contribution < -0.4 is 5.32 Å². The van der Waals surface area contributed by atoms with E-state index in [1.807, 2.05) is 0 Å². The van der Waals surface area contributed by atoms with E-state index in [1.165, 1.54) is 6.07 Å². The molecular weight excluding hydrogens is 242 g/mol. The number of carbonyl (C=O) groups is 2. The summed E-state index contributed by atoms with van der Waals surface area (Å²) in [5.41, 5.74) is 0.425. The van der Waals surface area contributed by atoms with Crippen molar-refractivity contribution in [1.82, 2.24) is 0 Å². The second kappa shape index (κ2) is 6.91. The third kappa shape index (κ3) is 4.44. The standard InChI is InChI=1S/C12H14ClNO3/c13-8-4-3-7-11(15)14-10-6-2-1-5-9(10)12(16)17/h1-2,5-6H,3-4,7-8H2,(H,14,15)(H,16,17). The van der Waals surface area contributed by atoms with Gasteiger partial charge in [0.25, 0.3) is 0 Å². The molecule has 17 heavy (non-hydrogen) atoms. The number of unbranched alkanes of at least 4 members (excludes halogenated alkanes) is 1. The summed E-state index contributed by atoms with van der Waals surface area (Å²) in [6.45, 7) is 0. The van der Waals surface area contributed by atoms with Gasteiger partial charge in [-0.2, -0.15) is 0 Å². The zero-order valence-corrected chi connectivity index (χ0v) is 10.0. The smallest absolute Gasteiger partial charge is 0.337 e. The van der Waals surface area contributed by atoms with E-state index in [1.54, 1.807) is 18.2 Å². The normalized spacial score (nSPS) is 9.94. The highest BCUT2D eigenvalue weighted by Gasteiger charge is 2.11. The van der Waals surface area contributed by atoms with Crippen molar-refractivity contribution < 1.29 is 14.7 Å². The van der Waals surface area contributed by atoms with E-state index >= 15 is 0 Å². The lowest BCUT2D eigenvalue weighted by atomic mass is 10.1. The van der Waals surface area contributed by atoms with Crippen LogP contribution in [0, 0.1) is 0 Å². The van der Waals surface area contributed by atoms with Crippen LogP contribution in [0.4, 0.5) is 5.69 Å². The molecule has 0 atom stereocenters. The highest BCUT2D eigenvalue weighted by Crippen LogP contribution is 2.15. The minimum Gasteiger partial charge on any atom is -0.478 e. The number of nitrogens with one attached hydrogen (secondary N) is 1. The Morgan fingerprint density at radius 1 is 1.24 bits per heavy atom. The van der Waals surface area contributed by atoms with Gasteiger partial charge in [-0.05, 0) is 25.0 Å². The number of carboxylic acids is 1. The van der Waals surface area contributed by atoms with E-state index in [4.69, 9.17) is 16.7 Å². The lowest BCUT2D eigenvalue weighted by Gasteiger charge is -2.07. The highest BCUT2D eigenvalue weighted by atomic mass is 35.5. The van der Waals surface area contributed by atoms with Gasteiger partial charge in [-0.25, -0.2) is 4.79 Å². The first-order valence-electron chi connectivity index (χ1n) is 5.33. The maximum Gasteiger partial charge on any atom is 0.337 e. The van der Waals surface area contributed by atoms with Crippen LogP contribution in [0.15, 0.2) is 24.3 Å². The summed E-state index contributed by atoms with van der Waals surface area (Å²) in [6.07, 6.45) is 1.82. The van der Waals surface area contributed by atoms with E-state index in [0.717, 1.165) is 6.42 Å². The van der Waals surface area contributed by atoms with E-state index < -0.39 is 5.97 Å². The fourth-order valence-electron chi connectivity index (χ4n) is 1.37. The molecule has 1 amide bonds. The van der Waals surface area contributed by atoms with Crippen LogP contribution in [0.2, 0.25) is 0 Å². The predicted octanol–water partition coefficient (Wildman–Crippen LogP) is 2.73. The molecule has 92 valence electrons. The molecule has 1 aromatic rings. The van der Waals surface area contributed by atoms with E-state index in [2.05, 4.69) is 5.32 Å². The topological polar surface area (TPSA) is 66.4 Å². The average Bonchev–Trinajstić information content (AvgIpc) is 2.29. The highest BCUT2D eigenvalue weighted by molar-refractivity contribution is 6.17. The third-order valence-corrected chi connectivity index (χ3v) is 2.49. The Morgan fingerprint density at radius 3 is 2.59 bits per heavy atom. The Hall–Kier alpha value is -1.55. The van der Waals surface area contributed by atoms with Gasteiger partial charge in [0, 0.05) is 12.3 Å². The first-order valence-corrected chi connectivity index (χ1v) is 5.86. The summed E-state index contributed by atoms with van der Waals surface area (Å²) >= 11 is 5.50. The van der Waals surface area contributed by atoms with Gasteiger partial charge in [0.15, 0.2) is 0 Å². The third-order valence-electron chi connectivity index (χ3n) is 2.22. The number of amides is 1. The molecule has 0 spiro atoms. The fourth-order valence-corrected chi connectivity index (χ4v) is 1.56. The summed E-state index contributed by atoms with van der Waals surface area (Å²) in [7, 11) is 0. The molecule has 0 heterocycles. The van der Waals surface area contributed by atoms with Crippen LogP contribution >= 0.6 is 11.6 Å². The predicted molar refractivity (Wildman–Crippen MR) is 66.6 cm³/mol. The van der Waals surface area contributed by atoms with Crippen molar-refractivity contribution in [3.63, 3.8) is 0 Å². The lowest BCUT2D eigenvalue weighted by molar-refractivity contribution is -0.116. The number of anilines is 1. The van der Waals surface area contributed by atoms with Crippen LogP contribution in [-0.2, 0) is 4.79 Å². The van der Waals surface area contributed by atoms with Crippen molar-refractivity contribution in [3.05, 3.63) is 29.8 Å². The molecule has 1 aromatic carbocycles. The van der Waals surface area contributed by atoms with Gasteiger partial charge < -0.3 is 10.4 Å². The first-order chi connectivity index (χ1) is 8.15. The Morgan fingerprint density at radius 2 is 1.94 bits per heavy atom. The van der Waals surface area contributed by atoms with Gasteiger partial charge in [0.05, 0.1) is 11.3 Å². The molecule has 0 unspecified atom stereocenters. The number of para-hydroxylation sites is 1. The van der Waals surface area contributed by atoms with Gasteiger partial charge in [-0.3, -0.25) is 4.79 Å². The van der Waals surface area contributed by atoms with Crippen LogP contribution in [0.1, 0.15) is 29.6 Å². The molecule has 0 bridgehead atoms. The van der Waals surface area contributed by atoms with Crippen molar-refractivity contribution in [1.29, 1.82) is 0 Å². The van der Waals surface area contributed by atoms with E-state index in [9.17, 15) is 9.59 Å². The average molecular weight is 256 g/mol. The van der Waals surface area contributed by atoms with Crippen LogP contribution in [-0.4, -0.2) is 22.9 Å². The molecule has 0 aliphatic heterocycles. The summed E-state index contributed by atoms with van der Waals surface area (Å²) in [5, 5.41) is 11.5. The van der Waals surface area contributed by atoms with Crippen LogP contribution in [0.3, 0.4) is 0 Å². The van der Waals surface area contributed by atoms with Crippen molar-refractivity contribution in [2.24, 2.45) is 0 Å². The number of benzene rings is 1. The second-order valence-corrected chi connectivity index (χ2v) is 3.92. The summed E-state index contributed by atoms with van der Waals surface area (Å²) in [4.78, 5) is 22.4. The molecule has 0 aliphatic rings. The largest absolute Gasteiger partial charge is 0.478 e. The Bertz CT molecular complexity index is 406. The maximum atomic E-state index is 11.5. The minimum atomic E-state index is -1.05. The van der Waals surface area contributed by atoms with Crippen molar-refractivity contribution in [3.8, 4) is 0 Å². The maximum absolute atomic E-state index is 11.5. The number of aromatic carboxylic acids is 1. The SMILES string of the molecule is O=C(CCCCCl)Nc1ccccc1C(=O)O. The Kier molecular flexibility index (Phi) is 5.49. The fraction of sp³-hybridized carbons (Fsp3) is 0.333. The van der Waals surface area contributed by atoms with Crippen molar-refractivity contribution in [2.75, 3.05) is 11.2 Å². The van der Waals surface area contributed by atoms with Gasteiger partial charge >= 0.3 is 5.97 Å². The Balaban J connectivity index is 2.61. The molecule has 4 nitrogen and oxygen atoms in total. The molecule has 1 rings (SSSR count). The summed E-state index contributed by atoms with van der Waals surface area (Å²) in [6, 6.07) is 6.33. The molecule has 0 aromatic heterocycles. The van der Waals surface area contributed by atoms with Crippen LogP contribution in [0.5, 0.6) is 0 Å². The number of hydrogen-bond donors (Lipinski definition) is 2. The van der Waals surface area contributed by atoms with Gasteiger partial charge in [-0.15, -0.1) is 11.6 Å². The van der Waals surface area contributed by atoms with E-state index in [0.29, 0.717) is 24.4 Å². The van der Waals surface area contributed by atoms with Gasteiger partial charge in [-0.1, -0.05) is 12.1 Å². The molecular formula is C12H14ClNO3. The summed E-state index contributed by atoms with van der Waals surface area (Å²) in [5.74, 6) is -0.718. The number of carbonyl (C=O) groups excluding carboxylic acids is 1. The summed E-state index contributed by atoms with van der Waals surface area (Å²) < 4.78 is 0. The van der Waals surface area contributed by atoms with Crippen molar-refractivity contribution in [2.45, 2.75) is 19.3 Å². The quantitative estimate of drug-likeness (QED) is 0.607. The molecule has 0 fully saturated rings. The zero-order valence-electron chi connectivity index (χ0n) is 9.28. The molecule has 0 radical (unpaired) electrons. The van der Waals surface area contributed by atoms with Crippen molar-refractivity contribution >= 4 is 29.2 Å². The second-order valence-electron chi connectivity index (χ2n) is 3.55. The zero-order chi connectivity index (χ0) is 12.7. The number of alkyl halides is 1. The van der Waals surface area contributed by atoms with E-state index in [-0.39, 0.29) is 11.5 Å².